The molecular formula is C13H20N4O2. The molecule has 0 saturated heterocycles. The molecule has 0 aliphatic heterocycles. The lowest BCUT2D eigenvalue weighted by Gasteiger charge is -2.37. The molecule has 0 bridgehead atoms. The molecule has 19 heavy (non-hydrogen) atoms. The fourth-order valence-corrected chi connectivity index (χ4v) is 2.47. The van der Waals surface area contributed by atoms with E-state index in [4.69, 9.17) is 5.73 Å². The first-order chi connectivity index (χ1) is 9.01. The lowest BCUT2D eigenvalue weighted by Crippen LogP contribution is -2.46. The number of rotatable bonds is 4. The smallest absolute Gasteiger partial charge is 0.254 e. The van der Waals surface area contributed by atoms with Gasteiger partial charge in [-0.15, -0.1) is 0 Å². The lowest BCUT2D eigenvalue weighted by atomic mass is 9.76. The molecule has 1 fully saturated rings. The molecule has 1 aliphatic rings. The number of nitrogens with zero attached hydrogens (tertiary/aromatic N) is 2. The molecule has 0 unspecified atom stereocenters. The number of aliphatic hydroxyl groups excluding tert-OH is 1. The van der Waals surface area contributed by atoms with Crippen LogP contribution in [0.5, 0.6) is 0 Å². The molecule has 1 aromatic heterocycles. The molecule has 104 valence electrons. The first-order valence-corrected chi connectivity index (χ1v) is 6.59. The van der Waals surface area contributed by atoms with Crippen LogP contribution < -0.4 is 11.1 Å². The third-order valence-electron chi connectivity index (χ3n) is 3.72. The summed E-state index contributed by atoms with van der Waals surface area (Å²) >= 11 is 0. The van der Waals surface area contributed by atoms with Crippen molar-refractivity contribution in [3.05, 3.63) is 17.5 Å². The van der Waals surface area contributed by atoms with Gasteiger partial charge >= 0.3 is 0 Å². The van der Waals surface area contributed by atoms with Gasteiger partial charge in [-0.05, 0) is 32.1 Å². The lowest BCUT2D eigenvalue weighted by molar-refractivity contribution is 0.0232. The van der Waals surface area contributed by atoms with Crippen LogP contribution in [0.15, 0.2) is 6.20 Å². The number of nitrogen functional groups attached to an aromatic ring is 1. The number of nitrogens with one attached hydrogen (secondary N) is 1. The molecule has 0 aromatic carbocycles. The second kappa shape index (κ2) is 5.52. The van der Waals surface area contributed by atoms with E-state index in [2.05, 4.69) is 15.3 Å². The van der Waals surface area contributed by atoms with Gasteiger partial charge in [0.05, 0.1) is 17.4 Å². The zero-order valence-electron chi connectivity index (χ0n) is 11.3. The van der Waals surface area contributed by atoms with Gasteiger partial charge in [-0.3, -0.25) is 4.79 Å². The quantitative estimate of drug-likeness (QED) is 0.741. The number of carbonyl (C=O) groups excluding carboxylic acids is 1. The van der Waals surface area contributed by atoms with Gasteiger partial charge in [-0.25, -0.2) is 9.97 Å². The van der Waals surface area contributed by atoms with Gasteiger partial charge in [0.15, 0.2) is 0 Å². The highest BCUT2D eigenvalue weighted by Gasteiger charge is 2.34. The Morgan fingerprint density at radius 2 is 2.32 bits per heavy atom. The maximum absolute atomic E-state index is 12.2. The second-order valence-corrected chi connectivity index (χ2v) is 5.10. The summed E-state index contributed by atoms with van der Waals surface area (Å²) in [5.74, 6) is 0.355. The first kappa shape index (κ1) is 13.7. The van der Waals surface area contributed by atoms with Crippen molar-refractivity contribution in [3.8, 4) is 0 Å². The zero-order chi connectivity index (χ0) is 14.0. The van der Waals surface area contributed by atoms with Gasteiger partial charge < -0.3 is 16.2 Å². The van der Waals surface area contributed by atoms with E-state index >= 15 is 0 Å². The zero-order valence-corrected chi connectivity index (χ0v) is 11.3. The van der Waals surface area contributed by atoms with Gasteiger partial charge in [0.1, 0.15) is 0 Å². The molecule has 1 heterocycles. The van der Waals surface area contributed by atoms with Crippen molar-refractivity contribution < 1.29 is 9.90 Å². The first-order valence-electron chi connectivity index (χ1n) is 6.59. The Balaban J connectivity index is 2.03. The Labute approximate surface area is 112 Å². The van der Waals surface area contributed by atoms with Crippen LogP contribution in [-0.4, -0.2) is 33.1 Å². The average molecular weight is 264 g/mol. The van der Waals surface area contributed by atoms with Gasteiger partial charge in [-0.1, -0.05) is 6.92 Å². The number of amides is 1. The molecule has 1 amide bonds. The molecule has 0 radical (unpaired) electrons. The third-order valence-corrected chi connectivity index (χ3v) is 3.72. The second-order valence-electron chi connectivity index (χ2n) is 5.10. The summed E-state index contributed by atoms with van der Waals surface area (Å²) in [6.45, 7) is 3.77. The van der Waals surface area contributed by atoms with Crippen LogP contribution in [-0.2, 0) is 0 Å². The number of aryl methyl sites for hydroxylation is 1. The molecule has 4 N–H and O–H groups in total. The van der Waals surface area contributed by atoms with Crippen LogP contribution in [0.1, 0.15) is 42.2 Å². The van der Waals surface area contributed by atoms with Crippen molar-refractivity contribution in [1.29, 1.82) is 0 Å². The minimum absolute atomic E-state index is 0.0906. The van der Waals surface area contributed by atoms with Crippen molar-refractivity contribution >= 4 is 11.9 Å². The maximum atomic E-state index is 12.2. The van der Waals surface area contributed by atoms with Crippen molar-refractivity contribution in [2.45, 2.75) is 45.3 Å². The number of hydrogen-bond donors (Lipinski definition) is 3. The number of anilines is 1. The highest BCUT2D eigenvalue weighted by molar-refractivity contribution is 5.95. The van der Waals surface area contributed by atoms with Crippen LogP contribution in [0.4, 0.5) is 5.95 Å². The van der Waals surface area contributed by atoms with Crippen molar-refractivity contribution in [2.75, 3.05) is 5.73 Å². The summed E-state index contributed by atoms with van der Waals surface area (Å²) in [7, 11) is 0. The van der Waals surface area contributed by atoms with Crippen LogP contribution in [0.25, 0.3) is 0 Å². The number of nitrogens with two attached hydrogens (primary N) is 1. The van der Waals surface area contributed by atoms with Crippen LogP contribution in [0, 0.1) is 12.8 Å². The highest BCUT2D eigenvalue weighted by atomic mass is 16.3. The van der Waals surface area contributed by atoms with Gasteiger partial charge in [0.25, 0.3) is 5.91 Å². The number of aromatic nitrogens is 2. The standard InChI is InChI=1S/C13H20N4O2/c1-3-11(8-4-9(18)5-8)17-12(19)10-6-15-13(14)16-7(10)2/h6,8-9,11,18H,3-5H2,1-2H3,(H,17,19)(H2,14,15,16)/t8?,9?,11-/m1/s1. The van der Waals surface area contributed by atoms with E-state index in [1.54, 1.807) is 6.92 Å². The monoisotopic (exact) mass is 264 g/mol. The topological polar surface area (TPSA) is 101 Å². The van der Waals surface area contributed by atoms with E-state index in [1.807, 2.05) is 6.92 Å². The van der Waals surface area contributed by atoms with E-state index in [-0.39, 0.29) is 24.0 Å². The summed E-state index contributed by atoms with van der Waals surface area (Å²) in [6, 6.07) is 0.0906. The van der Waals surface area contributed by atoms with Crippen LogP contribution in [0.2, 0.25) is 0 Å². The minimum atomic E-state index is -0.211. The van der Waals surface area contributed by atoms with Gasteiger partial charge in [0.2, 0.25) is 5.95 Å². The average Bonchev–Trinajstić information content (AvgIpc) is 2.32. The molecule has 2 rings (SSSR count). The minimum Gasteiger partial charge on any atom is -0.393 e. The predicted octanol–water partition coefficient (Wildman–Crippen LogP) is 0.647. The molecule has 0 spiro atoms. The molecule has 1 aromatic rings. The predicted molar refractivity (Wildman–Crippen MR) is 71.5 cm³/mol. The number of hydrogen-bond acceptors (Lipinski definition) is 5. The SMILES string of the molecule is CC[C@@H](NC(=O)c1cnc(N)nc1C)C1CC(O)C1. The molecule has 1 saturated carbocycles. The van der Waals surface area contributed by atoms with Crippen molar-refractivity contribution in [2.24, 2.45) is 5.92 Å². The van der Waals surface area contributed by atoms with Crippen LogP contribution >= 0.6 is 0 Å². The van der Waals surface area contributed by atoms with E-state index < -0.39 is 0 Å². The van der Waals surface area contributed by atoms with E-state index in [9.17, 15) is 9.90 Å². The molecular weight excluding hydrogens is 244 g/mol. The van der Waals surface area contributed by atoms with Gasteiger partial charge in [0, 0.05) is 12.2 Å². The van der Waals surface area contributed by atoms with Crippen molar-refractivity contribution in [1.82, 2.24) is 15.3 Å². The fraction of sp³-hybridized carbons (Fsp3) is 0.615. The maximum Gasteiger partial charge on any atom is 0.254 e. The van der Waals surface area contributed by atoms with E-state index in [0.717, 1.165) is 19.3 Å². The van der Waals surface area contributed by atoms with E-state index in [0.29, 0.717) is 17.2 Å². The number of aliphatic hydroxyl groups is 1. The Kier molecular flexibility index (Phi) is 3.99. The Morgan fingerprint density at radius 1 is 1.63 bits per heavy atom. The Morgan fingerprint density at radius 3 is 2.84 bits per heavy atom. The highest BCUT2D eigenvalue weighted by Crippen LogP contribution is 2.31. The van der Waals surface area contributed by atoms with E-state index in [1.165, 1.54) is 6.20 Å². The number of carbonyl (C=O) groups is 1. The molecule has 1 aliphatic carbocycles. The Hall–Kier alpha value is -1.69. The third kappa shape index (κ3) is 3.01. The summed E-state index contributed by atoms with van der Waals surface area (Å²) < 4.78 is 0. The largest absolute Gasteiger partial charge is 0.393 e. The Bertz CT molecular complexity index is 472. The molecule has 6 heteroatoms. The van der Waals surface area contributed by atoms with Crippen molar-refractivity contribution in [3.63, 3.8) is 0 Å². The summed E-state index contributed by atoms with van der Waals surface area (Å²) in [5.41, 5.74) is 6.50. The summed E-state index contributed by atoms with van der Waals surface area (Å²) in [5, 5.41) is 12.3. The van der Waals surface area contributed by atoms with Crippen LogP contribution in [0.3, 0.4) is 0 Å². The summed E-state index contributed by atoms with van der Waals surface area (Å²) in [4.78, 5) is 20.0. The van der Waals surface area contributed by atoms with Gasteiger partial charge in [-0.2, -0.15) is 0 Å². The normalized spacial score (nSPS) is 23.5. The summed E-state index contributed by atoms with van der Waals surface area (Å²) in [6.07, 6.45) is 3.61. The molecule has 6 nitrogen and oxygen atoms in total. The molecule has 1 atom stereocenters. The fourth-order valence-electron chi connectivity index (χ4n) is 2.47.